The molecule has 0 aliphatic rings. The van der Waals surface area contributed by atoms with Gasteiger partial charge in [-0.15, -0.1) is 0 Å². The smallest absolute Gasteiger partial charge is 0.306 e. The predicted octanol–water partition coefficient (Wildman–Crippen LogP) is 10.1. The molecule has 0 heterocycles. The van der Waals surface area contributed by atoms with E-state index in [-0.39, 0.29) is 19.2 Å². The molecule has 0 fully saturated rings. The van der Waals surface area contributed by atoms with Gasteiger partial charge >= 0.3 is 5.97 Å². The molecular weight excluding hydrogens is 508 g/mol. The number of hydrogen-bond donors (Lipinski definition) is 1. The lowest BCUT2D eigenvalue weighted by molar-refractivity contribution is -0.154. The van der Waals surface area contributed by atoms with E-state index in [2.05, 4.69) is 92.8 Å². The third kappa shape index (κ3) is 32.0. The van der Waals surface area contributed by atoms with Gasteiger partial charge in [-0.1, -0.05) is 125 Å². The highest BCUT2D eigenvalue weighted by atomic mass is 16.6. The number of aliphatic hydroxyl groups excluding tert-OH is 1. The van der Waals surface area contributed by atoms with Crippen LogP contribution in [0, 0.1) is 0 Å². The molecule has 0 aromatic rings. The van der Waals surface area contributed by atoms with Crippen LogP contribution in [0.3, 0.4) is 0 Å². The van der Waals surface area contributed by atoms with Crippen molar-refractivity contribution in [1.82, 2.24) is 0 Å². The van der Waals surface area contributed by atoms with Crippen molar-refractivity contribution >= 4 is 5.97 Å². The van der Waals surface area contributed by atoms with E-state index in [4.69, 9.17) is 9.47 Å². The quantitative estimate of drug-likeness (QED) is 0.0579. The highest BCUT2D eigenvalue weighted by Gasteiger charge is 2.13. The lowest BCUT2D eigenvalue weighted by Crippen LogP contribution is -2.27. The lowest BCUT2D eigenvalue weighted by atomic mass is 10.1. The van der Waals surface area contributed by atoms with Gasteiger partial charge in [-0.05, 0) is 70.6 Å². The summed E-state index contributed by atoms with van der Waals surface area (Å²) in [4.78, 5) is 12.0. The number of ether oxygens (including phenoxy) is 2. The Morgan fingerprint density at radius 2 is 1.02 bits per heavy atom. The number of carbonyl (C=O) groups is 1. The number of unbranched alkanes of at least 4 members (excludes halogenated alkanes) is 6. The van der Waals surface area contributed by atoms with E-state index in [9.17, 15) is 9.90 Å². The molecule has 0 spiro atoms. The predicted molar refractivity (Wildman–Crippen MR) is 177 cm³/mol. The molecule has 0 bridgehead atoms. The maximum Gasteiger partial charge on any atom is 0.306 e. The molecule has 41 heavy (non-hydrogen) atoms. The van der Waals surface area contributed by atoms with E-state index in [1.807, 2.05) is 6.08 Å². The van der Waals surface area contributed by atoms with Crippen LogP contribution in [-0.4, -0.2) is 37.0 Å². The Labute approximate surface area is 252 Å². The fourth-order valence-corrected chi connectivity index (χ4v) is 3.88. The first-order chi connectivity index (χ1) is 20.2. The van der Waals surface area contributed by atoms with Gasteiger partial charge in [0.2, 0.25) is 0 Å². The second-order valence-electron chi connectivity index (χ2n) is 10.1. The van der Waals surface area contributed by atoms with Gasteiger partial charge in [-0.25, -0.2) is 0 Å². The largest absolute Gasteiger partial charge is 0.457 e. The standard InChI is InChI=1S/C37H60O4/c1-3-5-7-9-11-13-15-17-18-19-21-23-25-27-29-31-33-40-35-36(34-38)41-37(39)32-30-28-26-24-22-20-16-14-12-10-8-6-4-2/h5-8,11-14,17-18,20,22,26,28,36,38H,3-4,9-10,15-16,19,21,23-25,27,29-35H2,1-2H3/b7-5-,8-6-,13-11-,14-12-,18-17-,22-20-,28-26-. The minimum Gasteiger partial charge on any atom is -0.457 e. The Bertz CT molecular complexity index is 770. The summed E-state index contributed by atoms with van der Waals surface area (Å²) in [5.41, 5.74) is 0. The van der Waals surface area contributed by atoms with Crippen LogP contribution in [0.25, 0.3) is 0 Å². The van der Waals surface area contributed by atoms with E-state index in [1.54, 1.807) is 0 Å². The number of aliphatic hydroxyl groups is 1. The number of carbonyl (C=O) groups excluding carboxylic acids is 1. The van der Waals surface area contributed by atoms with Crippen LogP contribution < -0.4 is 0 Å². The van der Waals surface area contributed by atoms with Crippen molar-refractivity contribution in [3.05, 3.63) is 85.1 Å². The fourth-order valence-electron chi connectivity index (χ4n) is 3.88. The molecule has 0 aliphatic heterocycles. The third-order valence-corrected chi connectivity index (χ3v) is 6.23. The maximum atomic E-state index is 12.0. The van der Waals surface area contributed by atoms with Crippen LogP contribution in [0.5, 0.6) is 0 Å². The zero-order valence-electron chi connectivity index (χ0n) is 26.3. The van der Waals surface area contributed by atoms with Crippen LogP contribution in [0.4, 0.5) is 0 Å². The van der Waals surface area contributed by atoms with E-state index in [0.717, 1.165) is 64.2 Å². The molecule has 0 amide bonds. The topological polar surface area (TPSA) is 55.8 Å². The van der Waals surface area contributed by atoms with E-state index >= 15 is 0 Å². The molecule has 0 aliphatic carbocycles. The third-order valence-electron chi connectivity index (χ3n) is 6.23. The molecule has 0 radical (unpaired) electrons. The normalized spacial score (nSPS) is 13.5. The summed E-state index contributed by atoms with van der Waals surface area (Å²) in [6.07, 6.45) is 46.3. The van der Waals surface area contributed by atoms with Gasteiger partial charge in [-0.3, -0.25) is 4.79 Å². The monoisotopic (exact) mass is 568 g/mol. The van der Waals surface area contributed by atoms with E-state index < -0.39 is 6.10 Å². The molecule has 4 heteroatoms. The summed E-state index contributed by atoms with van der Waals surface area (Å²) in [5, 5.41) is 9.51. The van der Waals surface area contributed by atoms with Crippen molar-refractivity contribution in [2.75, 3.05) is 19.8 Å². The molecule has 0 aromatic heterocycles. The Hall–Kier alpha value is -2.43. The molecular formula is C37H60O4. The minimum atomic E-state index is -0.582. The van der Waals surface area contributed by atoms with Gasteiger partial charge in [-0.2, -0.15) is 0 Å². The van der Waals surface area contributed by atoms with Crippen LogP contribution >= 0.6 is 0 Å². The fraction of sp³-hybridized carbons (Fsp3) is 0.595. The highest BCUT2D eigenvalue weighted by Crippen LogP contribution is 2.09. The zero-order chi connectivity index (χ0) is 29.9. The lowest BCUT2D eigenvalue weighted by Gasteiger charge is -2.15. The summed E-state index contributed by atoms with van der Waals surface area (Å²) >= 11 is 0. The summed E-state index contributed by atoms with van der Waals surface area (Å²) in [5.74, 6) is -0.291. The van der Waals surface area contributed by atoms with Gasteiger partial charge in [0.25, 0.3) is 0 Å². The van der Waals surface area contributed by atoms with Gasteiger partial charge in [0, 0.05) is 13.0 Å². The van der Waals surface area contributed by atoms with Gasteiger partial charge in [0.05, 0.1) is 13.2 Å². The zero-order valence-corrected chi connectivity index (χ0v) is 26.3. The molecule has 0 saturated carbocycles. The Balaban J connectivity index is 3.62. The van der Waals surface area contributed by atoms with Crippen LogP contribution in [0.2, 0.25) is 0 Å². The number of hydrogen-bond acceptors (Lipinski definition) is 4. The summed E-state index contributed by atoms with van der Waals surface area (Å²) in [6.45, 7) is 4.98. The average Bonchev–Trinajstić information content (AvgIpc) is 2.98. The second-order valence-corrected chi connectivity index (χ2v) is 10.1. The van der Waals surface area contributed by atoms with Crippen LogP contribution in [-0.2, 0) is 14.3 Å². The van der Waals surface area contributed by atoms with Crippen molar-refractivity contribution in [3.63, 3.8) is 0 Å². The minimum absolute atomic E-state index is 0.212. The summed E-state index contributed by atoms with van der Waals surface area (Å²) in [7, 11) is 0. The molecule has 4 nitrogen and oxygen atoms in total. The van der Waals surface area contributed by atoms with E-state index in [1.165, 1.54) is 25.7 Å². The number of rotatable bonds is 28. The van der Waals surface area contributed by atoms with Crippen molar-refractivity contribution in [3.8, 4) is 0 Å². The number of esters is 1. The van der Waals surface area contributed by atoms with Crippen molar-refractivity contribution in [2.24, 2.45) is 0 Å². The number of allylic oxidation sites excluding steroid dienone is 14. The highest BCUT2D eigenvalue weighted by molar-refractivity contribution is 5.69. The van der Waals surface area contributed by atoms with E-state index in [0.29, 0.717) is 19.4 Å². The maximum absolute atomic E-state index is 12.0. The summed E-state index contributed by atoms with van der Waals surface area (Å²) < 4.78 is 11.0. The molecule has 0 rings (SSSR count). The van der Waals surface area contributed by atoms with Gasteiger partial charge in [0.1, 0.15) is 6.10 Å². The Morgan fingerprint density at radius 3 is 1.54 bits per heavy atom. The van der Waals surface area contributed by atoms with Gasteiger partial charge in [0.15, 0.2) is 0 Å². The Morgan fingerprint density at radius 1 is 0.585 bits per heavy atom. The van der Waals surface area contributed by atoms with Crippen molar-refractivity contribution in [2.45, 2.75) is 123 Å². The van der Waals surface area contributed by atoms with Gasteiger partial charge < -0.3 is 14.6 Å². The van der Waals surface area contributed by atoms with Crippen molar-refractivity contribution < 1.29 is 19.4 Å². The average molecular weight is 569 g/mol. The summed E-state index contributed by atoms with van der Waals surface area (Å²) in [6, 6.07) is 0. The first kappa shape index (κ1) is 38.6. The van der Waals surface area contributed by atoms with Crippen LogP contribution in [0.15, 0.2) is 85.1 Å². The molecule has 0 aromatic carbocycles. The molecule has 1 atom stereocenters. The second kappa shape index (κ2) is 33.8. The van der Waals surface area contributed by atoms with Crippen molar-refractivity contribution in [1.29, 1.82) is 0 Å². The molecule has 232 valence electrons. The molecule has 1 unspecified atom stereocenters. The SMILES string of the molecule is CC/C=C\C/C=C\C/C=C\C/C=C\CCC(=O)OC(CO)COCCCCCCCC/C=C\C/C=C\C/C=C\CC. The molecule has 1 N–H and O–H groups in total. The first-order valence-corrected chi connectivity index (χ1v) is 16.2. The molecule has 0 saturated heterocycles. The van der Waals surface area contributed by atoms with Crippen LogP contribution in [0.1, 0.15) is 117 Å². The first-order valence-electron chi connectivity index (χ1n) is 16.2. The Kier molecular flexibility index (Phi) is 31.8.